The third kappa shape index (κ3) is 4.46. The van der Waals surface area contributed by atoms with Gasteiger partial charge in [-0.15, -0.1) is 0 Å². The van der Waals surface area contributed by atoms with Gasteiger partial charge in [-0.1, -0.05) is 12.1 Å². The molecule has 6 nitrogen and oxygen atoms in total. The maximum absolute atomic E-state index is 12.4. The third-order valence-electron chi connectivity index (χ3n) is 4.49. The van der Waals surface area contributed by atoms with Crippen LogP contribution in [0.2, 0.25) is 0 Å². The van der Waals surface area contributed by atoms with E-state index in [2.05, 4.69) is 29.5 Å². The summed E-state index contributed by atoms with van der Waals surface area (Å²) < 4.78 is 7.51. The minimum Gasteiger partial charge on any atom is -0.372 e. The lowest BCUT2D eigenvalue weighted by atomic mass is 10.1. The first-order chi connectivity index (χ1) is 12.0. The van der Waals surface area contributed by atoms with Gasteiger partial charge in [0.2, 0.25) is 5.91 Å². The molecule has 0 spiro atoms. The Bertz CT molecular complexity index is 674. The molecule has 0 aliphatic carbocycles. The summed E-state index contributed by atoms with van der Waals surface area (Å²) in [7, 11) is 0. The number of morpholine rings is 1. The number of nitrogens with zero attached hydrogens (tertiary/aromatic N) is 3. The van der Waals surface area contributed by atoms with E-state index in [9.17, 15) is 4.79 Å². The van der Waals surface area contributed by atoms with Gasteiger partial charge in [-0.05, 0) is 44.5 Å². The summed E-state index contributed by atoms with van der Waals surface area (Å²) in [6, 6.07) is 10.2. The summed E-state index contributed by atoms with van der Waals surface area (Å²) in [5.41, 5.74) is 2.17. The molecule has 0 radical (unpaired) electrons. The van der Waals surface area contributed by atoms with Crippen LogP contribution in [0.15, 0.2) is 42.7 Å². The summed E-state index contributed by atoms with van der Waals surface area (Å²) >= 11 is 0. The number of nitrogens with one attached hydrogen (secondary N) is 1. The van der Waals surface area contributed by atoms with Crippen LogP contribution in [0.5, 0.6) is 0 Å². The van der Waals surface area contributed by atoms with E-state index < -0.39 is 0 Å². The van der Waals surface area contributed by atoms with Crippen LogP contribution in [0.3, 0.4) is 0 Å². The van der Waals surface area contributed by atoms with Crippen molar-refractivity contribution < 1.29 is 9.53 Å². The highest BCUT2D eigenvalue weighted by Gasteiger charge is 2.25. The molecule has 2 heterocycles. The summed E-state index contributed by atoms with van der Waals surface area (Å²) in [5.74, 6) is 0.127. The van der Waals surface area contributed by atoms with Crippen molar-refractivity contribution in [3.8, 4) is 5.69 Å². The van der Waals surface area contributed by atoms with Crippen LogP contribution in [0.4, 0.5) is 0 Å². The zero-order valence-electron chi connectivity index (χ0n) is 15.1. The molecule has 1 saturated heterocycles. The Kier molecular flexibility index (Phi) is 5.50. The Morgan fingerprint density at radius 1 is 1.28 bits per heavy atom. The van der Waals surface area contributed by atoms with Gasteiger partial charge in [0.15, 0.2) is 0 Å². The highest BCUT2D eigenvalue weighted by molar-refractivity contribution is 5.78. The average molecular weight is 342 g/mol. The molecule has 134 valence electrons. The molecule has 6 heteroatoms. The van der Waals surface area contributed by atoms with Gasteiger partial charge < -0.3 is 15.0 Å². The summed E-state index contributed by atoms with van der Waals surface area (Å²) in [5, 5.41) is 7.55. The van der Waals surface area contributed by atoms with Crippen molar-refractivity contribution in [3.63, 3.8) is 0 Å². The SMILES string of the molecule is C[C@@H]1CN(C(=O)CN[C@@H](C)c2ccc(-n3cccn3)cc2)C[C@H](C)O1. The molecule has 3 rings (SSSR count). The van der Waals surface area contributed by atoms with E-state index >= 15 is 0 Å². The number of amides is 1. The number of hydrogen-bond acceptors (Lipinski definition) is 4. The number of benzene rings is 1. The average Bonchev–Trinajstić information content (AvgIpc) is 3.13. The fraction of sp³-hybridized carbons (Fsp3) is 0.474. The van der Waals surface area contributed by atoms with Crippen LogP contribution >= 0.6 is 0 Å². The van der Waals surface area contributed by atoms with Crippen LogP contribution in [-0.2, 0) is 9.53 Å². The molecule has 1 aromatic carbocycles. The van der Waals surface area contributed by atoms with E-state index in [0.717, 1.165) is 11.3 Å². The molecule has 0 saturated carbocycles. The lowest BCUT2D eigenvalue weighted by molar-refractivity contribution is -0.142. The summed E-state index contributed by atoms with van der Waals surface area (Å²) in [4.78, 5) is 14.3. The highest BCUT2D eigenvalue weighted by Crippen LogP contribution is 2.16. The molecule has 2 aromatic rings. The van der Waals surface area contributed by atoms with Gasteiger partial charge >= 0.3 is 0 Å². The fourth-order valence-electron chi connectivity index (χ4n) is 3.19. The van der Waals surface area contributed by atoms with Crippen molar-refractivity contribution in [2.45, 2.75) is 39.0 Å². The molecule has 1 amide bonds. The number of carbonyl (C=O) groups is 1. The van der Waals surface area contributed by atoms with Crippen LogP contribution in [0.25, 0.3) is 5.69 Å². The Morgan fingerprint density at radius 3 is 2.56 bits per heavy atom. The number of rotatable bonds is 5. The van der Waals surface area contributed by atoms with Crippen LogP contribution in [0.1, 0.15) is 32.4 Å². The second kappa shape index (κ2) is 7.80. The quantitative estimate of drug-likeness (QED) is 0.905. The first kappa shape index (κ1) is 17.6. The van der Waals surface area contributed by atoms with Gasteiger partial charge in [-0.3, -0.25) is 4.79 Å². The van der Waals surface area contributed by atoms with Crippen molar-refractivity contribution >= 4 is 5.91 Å². The molecule has 1 aromatic heterocycles. The molecule has 0 bridgehead atoms. The van der Waals surface area contributed by atoms with Crippen LogP contribution < -0.4 is 5.32 Å². The van der Waals surface area contributed by atoms with Gasteiger partial charge in [0.1, 0.15) is 0 Å². The van der Waals surface area contributed by atoms with Crippen LogP contribution in [-0.4, -0.2) is 52.4 Å². The Labute approximate surface area is 148 Å². The monoisotopic (exact) mass is 342 g/mol. The van der Waals surface area contributed by atoms with Gasteiger partial charge in [0.05, 0.1) is 24.4 Å². The Morgan fingerprint density at radius 2 is 1.96 bits per heavy atom. The first-order valence-electron chi connectivity index (χ1n) is 8.79. The predicted octanol–water partition coefficient (Wildman–Crippen LogP) is 2.16. The Hall–Kier alpha value is -2.18. The highest BCUT2D eigenvalue weighted by atomic mass is 16.5. The zero-order chi connectivity index (χ0) is 17.8. The lowest BCUT2D eigenvalue weighted by Crippen LogP contribution is -2.50. The van der Waals surface area contributed by atoms with E-state index in [4.69, 9.17) is 4.74 Å². The summed E-state index contributed by atoms with van der Waals surface area (Å²) in [6.45, 7) is 7.75. The van der Waals surface area contributed by atoms with E-state index in [0.29, 0.717) is 19.6 Å². The van der Waals surface area contributed by atoms with Crippen molar-refractivity contribution in [2.75, 3.05) is 19.6 Å². The molecule has 1 N–H and O–H groups in total. The van der Waals surface area contributed by atoms with Crippen molar-refractivity contribution in [3.05, 3.63) is 48.3 Å². The van der Waals surface area contributed by atoms with Gasteiger partial charge in [0.25, 0.3) is 0 Å². The standard InChI is InChI=1S/C19H26N4O2/c1-14-12-22(13-15(2)25-14)19(24)11-20-16(3)17-5-7-18(8-6-17)23-10-4-9-21-23/h4-10,14-16,20H,11-13H2,1-3H3/t14-,15+,16-/m0/s1. The second-order valence-electron chi connectivity index (χ2n) is 6.70. The third-order valence-corrected chi connectivity index (χ3v) is 4.49. The van der Waals surface area contributed by atoms with E-state index in [1.165, 1.54) is 0 Å². The molecule has 25 heavy (non-hydrogen) atoms. The van der Waals surface area contributed by atoms with Gasteiger partial charge in [-0.2, -0.15) is 5.10 Å². The first-order valence-corrected chi connectivity index (χ1v) is 8.79. The molecular formula is C19H26N4O2. The number of aromatic nitrogens is 2. The fourth-order valence-corrected chi connectivity index (χ4v) is 3.19. The molecule has 3 atom stereocenters. The van der Waals surface area contributed by atoms with Crippen LogP contribution in [0, 0.1) is 0 Å². The van der Waals surface area contributed by atoms with Crippen molar-refractivity contribution in [1.29, 1.82) is 0 Å². The normalized spacial score (nSPS) is 22.0. The maximum atomic E-state index is 12.4. The lowest BCUT2D eigenvalue weighted by Gasteiger charge is -2.35. The Balaban J connectivity index is 1.53. The van der Waals surface area contributed by atoms with Gasteiger partial charge in [0, 0.05) is 31.5 Å². The molecule has 1 fully saturated rings. The summed E-state index contributed by atoms with van der Waals surface area (Å²) in [6.07, 6.45) is 3.87. The molecule has 1 aliphatic rings. The largest absolute Gasteiger partial charge is 0.372 e. The van der Waals surface area contributed by atoms with E-state index in [1.807, 2.05) is 47.8 Å². The van der Waals surface area contributed by atoms with E-state index in [1.54, 1.807) is 6.20 Å². The topological polar surface area (TPSA) is 59.4 Å². The maximum Gasteiger partial charge on any atom is 0.236 e. The number of carbonyl (C=O) groups excluding carboxylic acids is 1. The van der Waals surface area contributed by atoms with Gasteiger partial charge in [-0.25, -0.2) is 4.68 Å². The van der Waals surface area contributed by atoms with E-state index in [-0.39, 0.29) is 24.2 Å². The van der Waals surface area contributed by atoms with Crippen molar-refractivity contribution in [1.82, 2.24) is 20.0 Å². The number of ether oxygens (including phenoxy) is 1. The second-order valence-corrected chi connectivity index (χ2v) is 6.70. The smallest absolute Gasteiger partial charge is 0.236 e. The molecule has 0 unspecified atom stereocenters. The number of hydrogen-bond donors (Lipinski definition) is 1. The minimum atomic E-state index is 0.0972. The minimum absolute atomic E-state index is 0.0972. The molecule has 1 aliphatic heterocycles. The van der Waals surface area contributed by atoms with Crippen molar-refractivity contribution in [2.24, 2.45) is 0 Å². The predicted molar refractivity (Wildman–Crippen MR) is 96.6 cm³/mol. The molecular weight excluding hydrogens is 316 g/mol. The zero-order valence-corrected chi connectivity index (χ0v) is 15.1.